The van der Waals surface area contributed by atoms with Crippen molar-refractivity contribution in [3.63, 3.8) is 0 Å². The van der Waals surface area contributed by atoms with Gasteiger partial charge in [-0.05, 0) is 43.4 Å². The van der Waals surface area contributed by atoms with Crippen LogP contribution < -0.4 is 10.5 Å². The molecule has 2 N–H and O–H groups in total. The molecule has 0 aliphatic carbocycles. The fourth-order valence-corrected chi connectivity index (χ4v) is 4.61. The third kappa shape index (κ3) is 4.56. The predicted molar refractivity (Wildman–Crippen MR) is 112 cm³/mol. The van der Waals surface area contributed by atoms with Crippen LogP contribution in [0, 0.1) is 5.92 Å². The van der Waals surface area contributed by atoms with E-state index in [0.29, 0.717) is 12.3 Å². The van der Waals surface area contributed by atoms with Crippen molar-refractivity contribution in [3.05, 3.63) is 30.5 Å². The topological polar surface area (TPSA) is 80.8 Å². The van der Waals surface area contributed by atoms with Gasteiger partial charge in [-0.2, -0.15) is 0 Å². The van der Waals surface area contributed by atoms with Crippen LogP contribution in [0.4, 0.5) is 0 Å². The molecule has 7 heteroatoms. The van der Waals surface area contributed by atoms with Gasteiger partial charge in [0.15, 0.2) is 0 Å². The number of amides is 2. The number of carbonyl (C=O) groups is 2. The molecule has 2 saturated heterocycles. The second kappa shape index (κ2) is 8.45. The van der Waals surface area contributed by atoms with Crippen molar-refractivity contribution < 1.29 is 14.3 Å². The van der Waals surface area contributed by atoms with Gasteiger partial charge in [0.1, 0.15) is 18.4 Å². The second-order valence-corrected chi connectivity index (χ2v) is 8.40. The minimum absolute atomic E-state index is 0.174. The third-order valence-corrected chi connectivity index (χ3v) is 6.17. The number of fused-ring (bicyclic) bond motifs is 1. The lowest BCUT2D eigenvalue weighted by molar-refractivity contribution is -0.133. The van der Waals surface area contributed by atoms with Crippen LogP contribution in [0.3, 0.4) is 0 Å². The first-order chi connectivity index (χ1) is 14.0. The highest BCUT2D eigenvalue weighted by molar-refractivity contribution is 5.88. The van der Waals surface area contributed by atoms with Crippen molar-refractivity contribution in [2.75, 3.05) is 33.2 Å². The Kier molecular flexibility index (Phi) is 5.76. The third-order valence-electron chi connectivity index (χ3n) is 6.17. The minimum Gasteiger partial charge on any atom is -0.490 e. The van der Waals surface area contributed by atoms with E-state index in [1.54, 1.807) is 0 Å². The molecule has 2 aromatic rings. The minimum atomic E-state index is -0.352. The van der Waals surface area contributed by atoms with Crippen LogP contribution in [-0.2, 0) is 16.1 Å². The van der Waals surface area contributed by atoms with Crippen LogP contribution in [0.5, 0.6) is 5.75 Å². The molecule has 2 amide bonds. The first kappa shape index (κ1) is 19.8. The van der Waals surface area contributed by atoms with Gasteiger partial charge in [0, 0.05) is 51.2 Å². The number of aromatic nitrogens is 1. The molecule has 1 atom stereocenters. The average Bonchev–Trinajstić information content (AvgIpc) is 3.10. The number of carbonyl (C=O) groups excluding carboxylic acids is 2. The molecule has 7 nitrogen and oxygen atoms in total. The summed E-state index contributed by atoms with van der Waals surface area (Å²) in [6, 6.07) is 7.94. The van der Waals surface area contributed by atoms with Crippen LogP contribution in [-0.4, -0.2) is 65.5 Å². The summed E-state index contributed by atoms with van der Waals surface area (Å²) in [6.45, 7) is 4.16. The number of ether oxygens (including phenoxy) is 1. The standard InChI is InChI=1S/C22H30N4O3/c1-24-13-16(5-6-22(24)28)14-25-10-7-17(8-11-25)29-20-4-2-3-19-18(20)9-12-26(19)15-21(23)27/h2-4,9,12,16-17H,5-8,10-11,13-15H2,1H3,(H2,23,27). The van der Waals surface area contributed by atoms with Crippen LogP contribution in [0.1, 0.15) is 25.7 Å². The summed E-state index contributed by atoms with van der Waals surface area (Å²) < 4.78 is 8.21. The Labute approximate surface area is 171 Å². The van der Waals surface area contributed by atoms with Crippen molar-refractivity contribution >= 4 is 22.7 Å². The quantitative estimate of drug-likeness (QED) is 0.805. The van der Waals surface area contributed by atoms with E-state index in [1.165, 1.54) is 0 Å². The molecule has 1 aromatic carbocycles. The number of hydrogen-bond acceptors (Lipinski definition) is 4. The zero-order valence-corrected chi connectivity index (χ0v) is 17.0. The van der Waals surface area contributed by atoms with Gasteiger partial charge >= 0.3 is 0 Å². The Morgan fingerprint density at radius 3 is 2.72 bits per heavy atom. The number of piperidine rings is 2. The van der Waals surface area contributed by atoms with E-state index >= 15 is 0 Å². The van der Waals surface area contributed by atoms with Gasteiger partial charge in [-0.1, -0.05) is 6.07 Å². The fourth-order valence-electron chi connectivity index (χ4n) is 4.61. The van der Waals surface area contributed by atoms with E-state index in [0.717, 1.165) is 62.1 Å². The molecular formula is C22H30N4O3. The molecule has 0 radical (unpaired) electrons. The van der Waals surface area contributed by atoms with E-state index in [2.05, 4.69) is 4.90 Å². The Morgan fingerprint density at radius 1 is 1.21 bits per heavy atom. The zero-order valence-electron chi connectivity index (χ0n) is 17.0. The van der Waals surface area contributed by atoms with Gasteiger partial charge in [-0.25, -0.2) is 0 Å². The molecule has 2 aliphatic rings. The molecule has 29 heavy (non-hydrogen) atoms. The molecule has 0 bridgehead atoms. The number of rotatable bonds is 6. The molecule has 3 heterocycles. The second-order valence-electron chi connectivity index (χ2n) is 8.40. The molecule has 1 aromatic heterocycles. The Bertz CT molecular complexity index is 885. The normalized spacial score (nSPS) is 21.6. The summed E-state index contributed by atoms with van der Waals surface area (Å²) in [4.78, 5) is 27.3. The van der Waals surface area contributed by atoms with Crippen molar-refractivity contribution in [3.8, 4) is 5.75 Å². The Hall–Kier alpha value is -2.54. The zero-order chi connectivity index (χ0) is 20.4. The highest BCUT2D eigenvalue weighted by Crippen LogP contribution is 2.29. The lowest BCUT2D eigenvalue weighted by atomic mass is 9.96. The van der Waals surface area contributed by atoms with Crippen LogP contribution in [0.25, 0.3) is 10.9 Å². The van der Waals surface area contributed by atoms with E-state index in [1.807, 2.05) is 47.0 Å². The summed E-state index contributed by atoms with van der Waals surface area (Å²) in [7, 11) is 1.91. The van der Waals surface area contributed by atoms with Crippen LogP contribution in [0.2, 0.25) is 0 Å². The lowest BCUT2D eigenvalue weighted by Crippen LogP contribution is -2.45. The molecule has 156 valence electrons. The van der Waals surface area contributed by atoms with Gasteiger partial charge < -0.3 is 24.8 Å². The lowest BCUT2D eigenvalue weighted by Gasteiger charge is -2.37. The number of hydrogen-bond donors (Lipinski definition) is 1. The Morgan fingerprint density at radius 2 is 2.00 bits per heavy atom. The van der Waals surface area contributed by atoms with E-state index < -0.39 is 0 Å². The molecule has 4 rings (SSSR count). The first-order valence-corrected chi connectivity index (χ1v) is 10.5. The van der Waals surface area contributed by atoms with Crippen molar-refractivity contribution in [2.45, 2.75) is 38.3 Å². The van der Waals surface area contributed by atoms with Crippen LogP contribution >= 0.6 is 0 Å². The maximum Gasteiger partial charge on any atom is 0.237 e. The summed E-state index contributed by atoms with van der Waals surface area (Å²) in [6.07, 6.45) is 5.77. The van der Waals surface area contributed by atoms with Crippen molar-refractivity contribution in [1.29, 1.82) is 0 Å². The average molecular weight is 399 g/mol. The monoisotopic (exact) mass is 398 g/mol. The summed E-state index contributed by atoms with van der Waals surface area (Å²) in [5, 5.41) is 1.02. The molecule has 0 saturated carbocycles. The number of primary amides is 1. The highest BCUT2D eigenvalue weighted by Gasteiger charge is 2.27. The molecule has 0 spiro atoms. The summed E-state index contributed by atoms with van der Waals surface area (Å²) in [5.41, 5.74) is 6.31. The molecule has 2 aliphatic heterocycles. The van der Waals surface area contributed by atoms with E-state index in [4.69, 9.17) is 10.5 Å². The number of nitrogens with two attached hydrogens (primary N) is 1. The SMILES string of the molecule is CN1CC(CN2CCC(Oc3cccc4c3ccn4CC(N)=O)CC2)CCC1=O. The van der Waals surface area contributed by atoms with Gasteiger partial charge in [0.05, 0.1) is 5.52 Å². The van der Waals surface area contributed by atoms with Crippen molar-refractivity contribution in [1.82, 2.24) is 14.4 Å². The maximum atomic E-state index is 11.7. The summed E-state index contributed by atoms with van der Waals surface area (Å²) >= 11 is 0. The smallest absolute Gasteiger partial charge is 0.237 e. The molecule has 2 fully saturated rings. The van der Waals surface area contributed by atoms with Gasteiger partial charge in [0.25, 0.3) is 0 Å². The highest BCUT2D eigenvalue weighted by atomic mass is 16.5. The first-order valence-electron chi connectivity index (χ1n) is 10.5. The van der Waals surface area contributed by atoms with Gasteiger partial charge in [-0.15, -0.1) is 0 Å². The van der Waals surface area contributed by atoms with E-state index in [-0.39, 0.29) is 24.5 Å². The van der Waals surface area contributed by atoms with Crippen LogP contribution in [0.15, 0.2) is 30.5 Å². The van der Waals surface area contributed by atoms with Gasteiger partial charge in [-0.3, -0.25) is 9.59 Å². The number of benzene rings is 1. The molecule has 1 unspecified atom stereocenters. The van der Waals surface area contributed by atoms with Gasteiger partial charge in [0.2, 0.25) is 11.8 Å². The summed E-state index contributed by atoms with van der Waals surface area (Å²) in [5.74, 6) is 1.37. The number of likely N-dealkylation sites (tertiary alicyclic amines) is 2. The largest absolute Gasteiger partial charge is 0.490 e. The van der Waals surface area contributed by atoms with Crippen molar-refractivity contribution in [2.24, 2.45) is 11.7 Å². The molecular weight excluding hydrogens is 368 g/mol. The fraction of sp³-hybridized carbons (Fsp3) is 0.545. The predicted octanol–water partition coefficient (Wildman–Crippen LogP) is 1.84. The Balaban J connectivity index is 1.32. The number of nitrogens with zero attached hydrogens (tertiary/aromatic N) is 3. The van der Waals surface area contributed by atoms with E-state index in [9.17, 15) is 9.59 Å². The maximum absolute atomic E-state index is 11.7.